The number of carbonyl (C=O) groups is 1. The topological polar surface area (TPSA) is 75.7 Å². The first-order chi connectivity index (χ1) is 13.7. The van der Waals surface area contributed by atoms with E-state index < -0.39 is 10.0 Å². The summed E-state index contributed by atoms with van der Waals surface area (Å²) in [5.74, 6) is 0.688. The van der Waals surface area contributed by atoms with Crippen LogP contribution in [-0.4, -0.2) is 38.8 Å². The van der Waals surface area contributed by atoms with Crippen molar-refractivity contribution >= 4 is 15.9 Å². The summed E-state index contributed by atoms with van der Waals surface area (Å²) in [6.45, 7) is 8.48. The Kier molecular flexibility index (Phi) is 7.81. The predicted octanol–water partition coefficient (Wildman–Crippen LogP) is 3.85. The van der Waals surface area contributed by atoms with E-state index >= 15 is 0 Å². The van der Waals surface area contributed by atoms with E-state index in [2.05, 4.69) is 5.32 Å². The first-order valence-corrected chi connectivity index (χ1v) is 11.2. The zero-order chi connectivity index (χ0) is 21.6. The third-order valence-electron chi connectivity index (χ3n) is 4.89. The molecule has 0 heterocycles. The molecule has 1 N–H and O–H groups in total. The Morgan fingerprint density at radius 2 is 1.55 bits per heavy atom. The number of nitrogens with zero attached hydrogens (tertiary/aromatic N) is 1. The van der Waals surface area contributed by atoms with Gasteiger partial charge in [0.1, 0.15) is 5.75 Å². The van der Waals surface area contributed by atoms with Crippen LogP contribution in [0.3, 0.4) is 0 Å². The Bertz CT molecular complexity index is 903. The second kappa shape index (κ2) is 9.89. The van der Waals surface area contributed by atoms with Crippen LogP contribution < -0.4 is 10.1 Å². The molecular weight excluding hydrogens is 388 g/mol. The number of nitrogens with one attached hydrogen (secondary N) is 1. The molecule has 0 saturated carbocycles. The Labute approximate surface area is 173 Å². The normalized spacial score (nSPS) is 12.8. The summed E-state index contributed by atoms with van der Waals surface area (Å²) in [6, 6.07) is 13.5. The molecule has 29 heavy (non-hydrogen) atoms. The van der Waals surface area contributed by atoms with E-state index in [9.17, 15) is 13.2 Å². The van der Waals surface area contributed by atoms with Crippen molar-refractivity contribution in [1.29, 1.82) is 0 Å². The van der Waals surface area contributed by atoms with E-state index in [0.717, 1.165) is 11.3 Å². The lowest BCUT2D eigenvalue weighted by atomic mass is 9.95. The van der Waals surface area contributed by atoms with Gasteiger partial charge in [0, 0.05) is 18.7 Å². The summed E-state index contributed by atoms with van der Waals surface area (Å²) in [7, 11) is -1.93. The Hall–Kier alpha value is -2.38. The van der Waals surface area contributed by atoms with Crippen LogP contribution in [0.5, 0.6) is 5.75 Å². The van der Waals surface area contributed by atoms with Gasteiger partial charge in [-0.05, 0) is 47.9 Å². The molecule has 1 amide bonds. The van der Waals surface area contributed by atoms with Crippen molar-refractivity contribution in [3.8, 4) is 5.75 Å². The van der Waals surface area contributed by atoms with Crippen LogP contribution in [0.15, 0.2) is 53.4 Å². The van der Waals surface area contributed by atoms with Gasteiger partial charge in [-0.2, -0.15) is 4.31 Å². The fraction of sp³-hybridized carbons (Fsp3) is 0.409. The number of carbonyl (C=O) groups excluding carboxylic acids is 1. The molecule has 0 aliphatic carbocycles. The molecule has 2 aromatic rings. The average Bonchev–Trinajstić information content (AvgIpc) is 2.72. The van der Waals surface area contributed by atoms with E-state index in [1.54, 1.807) is 33.1 Å². The molecule has 0 unspecified atom stereocenters. The largest absolute Gasteiger partial charge is 0.497 e. The van der Waals surface area contributed by atoms with Gasteiger partial charge in [0.2, 0.25) is 10.0 Å². The summed E-state index contributed by atoms with van der Waals surface area (Å²) in [5.41, 5.74) is 1.40. The number of hydrogen-bond donors (Lipinski definition) is 1. The minimum absolute atomic E-state index is 0.174. The zero-order valence-electron chi connectivity index (χ0n) is 17.7. The lowest BCUT2D eigenvalue weighted by molar-refractivity contribution is 0.0925. The Morgan fingerprint density at radius 3 is 2.00 bits per heavy atom. The second-order valence-electron chi connectivity index (χ2n) is 7.08. The highest BCUT2D eigenvalue weighted by Gasteiger charge is 2.23. The number of hydrogen-bond acceptors (Lipinski definition) is 4. The number of sulfonamides is 1. The maximum absolute atomic E-state index is 12.8. The van der Waals surface area contributed by atoms with Crippen LogP contribution >= 0.6 is 0 Å². The zero-order valence-corrected chi connectivity index (χ0v) is 18.5. The highest BCUT2D eigenvalue weighted by molar-refractivity contribution is 7.89. The van der Waals surface area contributed by atoms with Crippen molar-refractivity contribution in [2.24, 2.45) is 5.92 Å². The van der Waals surface area contributed by atoms with E-state index in [0.29, 0.717) is 18.7 Å². The summed E-state index contributed by atoms with van der Waals surface area (Å²) in [4.78, 5) is 13.0. The molecule has 6 nitrogen and oxygen atoms in total. The van der Waals surface area contributed by atoms with Crippen LogP contribution in [0.1, 0.15) is 49.7 Å². The molecule has 0 fully saturated rings. The smallest absolute Gasteiger partial charge is 0.251 e. The number of methoxy groups -OCH3 is 1. The van der Waals surface area contributed by atoms with Crippen molar-refractivity contribution in [3.05, 3.63) is 59.7 Å². The maximum Gasteiger partial charge on any atom is 0.251 e. The summed E-state index contributed by atoms with van der Waals surface area (Å²) in [5, 5.41) is 3.05. The van der Waals surface area contributed by atoms with E-state index in [4.69, 9.17) is 4.74 Å². The van der Waals surface area contributed by atoms with Gasteiger partial charge in [0.05, 0.1) is 18.0 Å². The third kappa shape index (κ3) is 5.36. The van der Waals surface area contributed by atoms with Crippen LogP contribution in [0.4, 0.5) is 0 Å². The van der Waals surface area contributed by atoms with Gasteiger partial charge in [-0.3, -0.25) is 4.79 Å². The van der Waals surface area contributed by atoms with E-state index in [-0.39, 0.29) is 22.8 Å². The highest BCUT2D eigenvalue weighted by atomic mass is 32.2. The molecule has 1 atom stereocenters. The van der Waals surface area contributed by atoms with Crippen molar-refractivity contribution in [2.75, 3.05) is 20.2 Å². The molecule has 158 valence electrons. The van der Waals surface area contributed by atoms with E-state index in [1.807, 2.05) is 38.1 Å². The monoisotopic (exact) mass is 418 g/mol. The first-order valence-electron chi connectivity index (χ1n) is 9.79. The molecule has 0 aliphatic heterocycles. The Morgan fingerprint density at radius 1 is 1.00 bits per heavy atom. The van der Waals surface area contributed by atoms with Crippen molar-refractivity contribution in [2.45, 2.75) is 38.6 Å². The van der Waals surface area contributed by atoms with Crippen molar-refractivity contribution < 1.29 is 17.9 Å². The third-order valence-corrected chi connectivity index (χ3v) is 6.95. The van der Waals surface area contributed by atoms with Crippen LogP contribution in [0.2, 0.25) is 0 Å². The lowest BCUT2D eigenvalue weighted by Crippen LogP contribution is -2.32. The van der Waals surface area contributed by atoms with Gasteiger partial charge in [0.15, 0.2) is 0 Å². The van der Waals surface area contributed by atoms with Gasteiger partial charge in [0.25, 0.3) is 5.91 Å². The van der Waals surface area contributed by atoms with E-state index in [1.165, 1.54) is 16.4 Å². The Balaban J connectivity index is 2.20. The molecule has 0 aromatic heterocycles. The minimum atomic E-state index is -3.54. The second-order valence-corrected chi connectivity index (χ2v) is 9.02. The van der Waals surface area contributed by atoms with Gasteiger partial charge < -0.3 is 10.1 Å². The number of amides is 1. The van der Waals surface area contributed by atoms with Crippen LogP contribution in [-0.2, 0) is 10.0 Å². The van der Waals surface area contributed by atoms with Crippen LogP contribution in [0, 0.1) is 5.92 Å². The number of ether oxygens (including phenoxy) is 1. The molecule has 2 rings (SSSR count). The highest BCUT2D eigenvalue weighted by Crippen LogP contribution is 2.25. The molecule has 0 saturated heterocycles. The molecular formula is C22H30N2O4S. The SMILES string of the molecule is CCN(CC)S(=O)(=O)c1ccc(C(=O)N[C@H](c2ccc(OC)cc2)C(C)C)cc1. The molecule has 7 heteroatoms. The van der Waals surface area contributed by atoms with Crippen molar-refractivity contribution in [3.63, 3.8) is 0 Å². The summed E-state index contributed by atoms with van der Waals surface area (Å²) >= 11 is 0. The fourth-order valence-corrected chi connectivity index (χ4v) is 4.62. The number of rotatable bonds is 9. The lowest BCUT2D eigenvalue weighted by Gasteiger charge is -2.23. The predicted molar refractivity (Wildman–Crippen MR) is 115 cm³/mol. The van der Waals surface area contributed by atoms with Crippen molar-refractivity contribution in [1.82, 2.24) is 9.62 Å². The first kappa shape index (κ1) is 22.9. The molecule has 2 aromatic carbocycles. The molecule has 0 aliphatic rings. The van der Waals surface area contributed by atoms with Gasteiger partial charge >= 0.3 is 0 Å². The minimum Gasteiger partial charge on any atom is -0.497 e. The fourth-order valence-electron chi connectivity index (χ4n) is 3.16. The van der Waals surface area contributed by atoms with Gasteiger partial charge in [-0.15, -0.1) is 0 Å². The number of benzene rings is 2. The maximum atomic E-state index is 12.8. The average molecular weight is 419 g/mol. The molecule has 0 spiro atoms. The van der Waals surface area contributed by atoms with Crippen LogP contribution in [0.25, 0.3) is 0 Å². The quantitative estimate of drug-likeness (QED) is 0.671. The molecule has 0 bridgehead atoms. The summed E-state index contributed by atoms with van der Waals surface area (Å²) in [6.07, 6.45) is 0. The van der Waals surface area contributed by atoms with Gasteiger partial charge in [-0.1, -0.05) is 39.8 Å². The van der Waals surface area contributed by atoms with Gasteiger partial charge in [-0.25, -0.2) is 8.42 Å². The standard InChI is InChI=1S/C22H30N2O4S/c1-6-24(7-2)29(26,27)20-14-10-18(11-15-20)22(25)23-21(16(3)4)17-8-12-19(28-5)13-9-17/h8-16,21H,6-7H2,1-5H3,(H,23,25)/t21-/m0/s1. The summed E-state index contributed by atoms with van der Waals surface area (Å²) < 4.78 is 31.8. The molecule has 0 radical (unpaired) electrons.